The Hall–Kier alpha value is -2.79. The van der Waals surface area contributed by atoms with E-state index in [1.807, 2.05) is 28.8 Å². The van der Waals surface area contributed by atoms with Crippen LogP contribution in [-0.4, -0.2) is 26.0 Å². The summed E-state index contributed by atoms with van der Waals surface area (Å²) in [5.41, 5.74) is 5.69. The molecule has 0 bridgehead atoms. The molecule has 0 amide bonds. The number of nitrogens with one attached hydrogen (secondary N) is 2. The molecule has 0 spiro atoms. The van der Waals surface area contributed by atoms with Crippen LogP contribution in [0.25, 0.3) is 21.9 Å². The molecule has 0 saturated carbocycles. The van der Waals surface area contributed by atoms with Crippen molar-refractivity contribution in [1.82, 2.24) is 19.4 Å². The SMILES string of the molecule is CC1c2[nH]c3ccccc3c2CCN1C(C)n1c(=O)[nH]c2ccccc21. The van der Waals surface area contributed by atoms with Gasteiger partial charge in [0.1, 0.15) is 0 Å². The average molecular weight is 346 g/mol. The Morgan fingerprint density at radius 1 is 1.04 bits per heavy atom. The van der Waals surface area contributed by atoms with Crippen molar-refractivity contribution in [3.63, 3.8) is 0 Å². The van der Waals surface area contributed by atoms with Crippen molar-refractivity contribution in [2.24, 2.45) is 0 Å². The Labute approximate surface area is 151 Å². The van der Waals surface area contributed by atoms with Crippen molar-refractivity contribution in [1.29, 1.82) is 0 Å². The predicted molar refractivity (Wildman–Crippen MR) is 104 cm³/mol. The van der Waals surface area contributed by atoms with Crippen LogP contribution in [0.1, 0.15) is 37.3 Å². The number of para-hydroxylation sites is 3. The van der Waals surface area contributed by atoms with Gasteiger partial charge in [0, 0.05) is 29.2 Å². The van der Waals surface area contributed by atoms with Crippen LogP contribution in [0.2, 0.25) is 0 Å². The first kappa shape index (κ1) is 15.5. The van der Waals surface area contributed by atoms with E-state index in [0.29, 0.717) is 0 Å². The Balaban J connectivity index is 1.58. The van der Waals surface area contributed by atoms with Gasteiger partial charge in [0.2, 0.25) is 0 Å². The summed E-state index contributed by atoms with van der Waals surface area (Å²) in [7, 11) is 0. The van der Waals surface area contributed by atoms with E-state index in [9.17, 15) is 4.79 Å². The fourth-order valence-electron chi connectivity index (χ4n) is 4.55. The molecule has 5 nitrogen and oxygen atoms in total. The first-order chi connectivity index (χ1) is 12.6. The van der Waals surface area contributed by atoms with Crippen LogP contribution in [0.15, 0.2) is 53.3 Å². The molecule has 132 valence electrons. The lowest BCUT2D eigenvalue weighted by atomic mass is 9.98. The molecule has 26 heavy (non-hydrogen) atoms. The molecule has 1 aliphatic rings. The zero-order valence-electron chi connectivity index (χ0n) is 15.0. The summed E-state index contributed by atoms with van der Waals surface area (Å²) in [6.07, 6.45) is 0.971. The van der Waals surface area contributed by atoms with Crippen LogP contribution in [0.5, 0.6) is 0 Å². The lowest BCUT2D eigenvalue weighted by Crippen LogP contribution is -2.40. The van der Waals surface area contributed by atoms with Crippen LogP contribution in [0.4, 0.5) is 0 Å². The van der Waals surface area contributed by atoms with E-state index in [2.05, 4.69) is 53.0 Å². The number of fused-ring (bicyclic) bond motifs is 4. The van der Waals surface area contributed by atoms with Crippen molar-refractivity contribution in [3.05, 3.63) is 70.3 Å². The van der Waals surface area contributed by atoms with Gasteiger partial charge in [-0.05, 0) is 44.0 Å². The number of H-pyrrole nitrogens is 2. The largest absolute Gasteiger partial charge is 0.357 e. The summed E-state index contributed by atoms with van der Waals surface area (Å²) in [6, 6.07) is 16.6. The van der Waals surface area contributed by atoms with E-state index >= 15 is 0 Å². The molecule has 2 aromatic carbocycles. The van der Waals surface area contributed by atoms with Gasteiger partial charge in [0.05, 0.1) is 17.2 Å². The van der Waals surface area contributed by atoms with Crippen molar-refractivity contribution >= 4 is 21.9 Å². The smallest absolute Gasteiger partial charge is 0.327 e. The standard InChI is InChI=1S/C21H22N4O/c1-13-20-16(15-7-3-4-8-17(15)22-20)11-12-24(13)14(2)25-19-10-6-5-9-18(19)23-21(25)26/h3-10,13-14,22H,11-12H2,1-2H3,(H,23,26). The summed E-state index contributed by atoms with van der Waals surface area (Å²) in [5.74, 6) is 0. The van der Waals surface area contributed by atoms with Crippen LogP contribution >= 0.6 is 0 Å². The van der Waals surface area contributed by atoms with E-state index in [4.69, 9.17) is 0 Å². The minimum absolute atomic E-state index is 0.0202. The third kappa shape index (κ3) is 2.10. The zero-order valence-corrected chi connectivity index (χ0v) is 15.0. The number of nitrogens with zero attached hydrogens (tertiary/aromatic N) is 2. The predicted octanol–water partition coefficient (Wildman–Crippen LogP) is 3.95. The third-order valence-corrected chi connectivity index (χ3v) is 5.86. The van der Waals surface area contributed by atoms with Crippen LogP contribution < -0.4 is 5.69 Å². The number of aromatic amines is 2. The number of hydrogen-bond donors (Lipinski definition) is 2. The Morgan fingerprint density at radius 2 is 1.77 bits per heavy atom. The molecule has 0 aliphatic carbocycles. The molecule has 0 fully saturated rings. The Bertz CT molecular complexity index is 1170. The van der Waals surface area contributed by atoms with E-state index in [0.717, 1.165) is 24.0 Å². The highest BCUT2D eigenvalue weighted by molar-refractivity contribution is 5.85. The van der Waals surface area contributed by atoms with Gasteiger partial charge >= 0.3 is 5.69 Å². The highest BCUT2D eigenvalue weighted by atomic mass is 16.1. The van der Waals surface area contributed by atoms with Gasteiger partial charge in [-0.15, -0.1) is 0 Å². The van der Waals surface area contributed by atoms with Gasteiger partial charge < -0.3 is 9.97 Å². The highest BCUT2D eigenvalue weighted by Gasteiger charge is 2.31. The first-order valence-electron chi connectivity index (χ1n) is 9.19. The second-order valence-corrected chi connectivity index (χ2v) is 7.18. The van der Waals surface area contributed by atoms with Crippen molar-refractivity contribution in [3.8, 4) is 0 Å². The normalized spacial score (nSPS) is 19.1. The second kappa shape index (κ2) is 5.61. The minimum Gasteiger partial charge on any atom is -0.357 e. The summed E-state index contributed by atoms with van der Waals surface area (Å²) in [5, 5.41) is 1.32. The maximum absolute atomic E-state index is 12.6. The number of imidazole rings is 1. The van der Waals surface area contributed by atoms with Gasteiger partial charge in [0.15, 0.2) is 0 Å². The van der Waals surface area contributed by atoms with E-state index < -0.39 is 0 Å². The topological polar surface area (TPSA) is 56.8 Å². The molecule has 0 saturated heterocycles. The molecule has 5 rings (SSSR count). The molecule has 2 N–H and O–H groups in total. The van der Waals surface area contributed by atoms with Gasteiger partial charge in [-0.1, -0.05) is 30.3 Å². The monoisotopic (exact) mass is 346 g/mol. The molecule has 3 heterocycles. The van der Waals surface area contributed by atoms with Gasteiger partial charge in [0.25, 0.3) is 0 Å². The van der Waals surface area contributed by atoms with Gasteiger partial charge in [-0.3, -0.25) is 9.47 Å². The average Bonchev–Trinajstić information content (AvgIpc) is 3.19. The molecular weight excluding hydrogens is 324 g/mol. The van der Waals surface area contributed by atoms with E-state index in [1.54, 1.807) is 0 Å². The minimum atomic E-state index is -0.0478. The molecule has 2 atom stereocenters. The second-order valence-electron chi connectivity index (χ2n) is 7.18. The summed E-state index contributed by atoms with van der Waals surface area (Å²) in [6.45, 7) is 5.28. The van der Waals surface area contributed by atoms with Gasteiger partial charge in [-0.25, -0.2) is 4.79 Å². The lowest BCUT2D eigenvalue weighted by Gasteiger charge is -2.38. The molecule has 1 aliphatic heterocycles. The van der Waals surface area contributed by atoms with E-state index in [-0.39, 0.29) is 17.9 Å². The maximum Gasteiger partial charge on any atom is 0.327 e. The van der Waals surface area contributed by atoms with Gasteiger partial charge in [-0.2, -0.15) is 0 Å². The Morgan fingerprint density at radius 3 is 2.62 bits per heavy atom. The number of hydrogen-bond acceptors (Lipinski definition) is 2. The van der Waals surface area contributed by atoms with Crippen molar-refractivity contribution < 1.29 is 0 Å². The quantitative estimate of drug-likeness (QED) is 0.577. The van der Waals surface area contributed by atoms with E-state index in [1.165, 1.54) is 22.2 Å². The number of rotatable bonds is 2. The molecule has 5 heteroatoms. The summed E-state index contributed by atoms with van der Waals surface area (Å²) >= 11 is 0. The molecular formula is C21H22N4O. The molecule has 2 unspecified atom stereocenters. The summed E-state index contributed by atoms with van der Waals surface area (Å²) < 4.78 is 1.87. The molecule has 2 aromatic heterocycles. The number of benzene rings is 2. The van der Waals surface area contributed by atoms with Crippen LogP contribution in [0, 0.1) is 0 Å². The molecule has 0 radical (unpaired) electrons. The Kier molecular flexibility index (Phi) is 3.34. The lowest BCUT2D eigenvalue weighted by molar-refractivity contribution is 0.0972. The number of aromatic nitrogens is 3. The maximum atomic E-state index is 12.6. The summed E-state index contributed by atoms with van der Waals surface area (Å²) in [4.78, 5) is 21.6. The highest BCUT2D eigenvalue weighted by Crippen LogP contribution is 2.37. The fraction of sp³-hybridized carbons (Fsp3) is 0.286. The van der Waals surface area contributed by atoms with Crippen LogP contribution in [-0.2, 0) is 6.42 Å². The first-order valence-corrected chi connectivity index (χ1v) is 9.19. The zero-order chi connectivity index (χ0) is 17.8. The van der Waals surface area contributed by atoms with Crippen molar-refractivity contribution in [2.45, 2.75) is 32.5 Å². The molecule has 4 aromatic rings. The fourth-order valence-corrected chi connectivity index (χ4v) is 4.55. The van der Waals surface area contributed by atoms with Crippen molar-refractivity contribution in [2.75, 3.05) is 6.54 Å². The third-order valence-electron chi connectivity index (χ3n) is 5.86. The van der Waals surface area contributed by atoms with Crippen LogP contribution in [0.3, 0.4) is 0 Å².